The number of hydrogen-bond acceptors (Lipinski definition) is 2. The molecule has 0 aliphatic carbocycles. The maximum absolute atomic E-state index is 5.58. The summed E-state index contributed by atoms with van der Waals surface area (Å²) in [4.78, 5) is 3.90. The Morgan fingerprint density at radius 3 is 2.58 bits per heavy atom. The molecule has 66 valence electrons. The van der Waals surface area contributed by atoms with Gasteiger partial charge in [0.15, 0.2) is 0 Å². The Hall–Kier alpha value is -1.05. The van der Waals surface area contributed by atoms with E-state index in [1.165, 1.54) is 0 Å². The number of aliphatic imine (C=N–C) groups is 1. The third-order valence-electron chi connectivity index (χ3n) is 1.87. The average Bonchev–Trinajstić information content (AvgIpc) is 2.46. The molecule has 12 heavy (non-hydrogen) atoms. The standard InChI is InChI=1S/C10H15NO/c1-5-9-8(11-4)6-10(12-9)7(2)3/h6-7H,4-5H2,1-3H3. The molecule has 0 atom stereocenters. The smallest absolute Gasteiger partial charge is 0.129 e. The van der Waals surface area contributed by atoms with Gasteiger partial charge in [-0.2, -0.15) is 0 Å². The molecule has 1 heterocycles. The molecule has 0 saturated heterocycles. The number of furan rings is 1. The molecule has 0 aromatic carbocycles. The van der Waals surface area contributed by atoms with E-state index in [-0.39, 0.29) is 0 Å². The van der Waals surface area contributed by atoms with Crippen molar-refractivity contribution in [2.75, 3.05) is 0 Å². The van der Waals surface area contributed by atoms with Gasteiger partial charge in [-0.05, 0) is 6.72 Å². The molecular weight excluding hydrogens is 150 g/mol. The van der Waals surface area contributed by atoms with Gasteiger partial charge in [-0.15, -0.1) is 0 Å². The Morgan fingerprint density at radius 1 is 1.58 bits per heavy atom. The van der Waals surface area contributed by atoms with E-state index in [1.54, 1.807) is 0 Å². The first-order valence-electron chi connectivity index (χ1n) is 4.28. The minimum Gasteiger partial charge on any atom is -0.463 e. The Labute approximate surface area is 73.3 Å². The second-order valence-corrected chi connectivity index (χ2v) is 3.12. The van der Waals surface area contributed by atoms with Gasteiger partial charge in [0.2, 0.25) is 0 Å². The summed E-state index contributed by atoms with van der Waals surface area (Å²) in [6.07, 6.45) is 0.876. The van der Waals surface area contributed by atoms with Crippen LogP contribution in [-0.2, 0) is 6.42 Å². The molecule has 0 bridgehead atoms. The van der Waals surface area contributed by atoms with Crippen molar-refractivity contribution in [3.63, 3.8) is 0 Å². The quantitative estimate of drug-likeness (QED) is 0.631. The zero-order chi connectivity index (χ0) is 9.14. The van der Waals surface area contributed by atoms with Crippen molar-refractivity contribution >= 4 is 12.4 Å². The summed E-state index contributed by atoms with van der Waals surface area (Å²) in [6, 6.07) is 1.97. The highest BCUT2D eigenvalue weighted by molar-refractivity contribution is 5.49. The van der Waals surface area contributed by atoms with Crippen molar-refractivity contribution < 1.29 is 4.42 Å². The second-order valence-electron chi connectivity index (χ2n) is 3.12. The molecule has 2 heteroatoms. The number of aryl methyl sites for hydroxylation is 1. The molecule has 0 spiro atoms. The summed E-state index contributed by atoms with van der Waals surface area (Å²) in [5.74, 6) is 2.36. The van der Waals surface area contributed by atoms with E-state index in [0.717, 1.165) is 23.6 Å². The van der Waals surface area contributed by atoms with Gasteiger partial charge in [0.05, 0.1) is 0 Å². The number of rotatable bonds is 3. The van der Waals surface area contributed by atoms with Crippen molar-refractivity contribution in [2.45, 2.75) is 33.1 Å². The molecule has 1 aromatic heterocycles. The summed E-state index contributed by atoms with van der Waals surface area (Å²) < 4.78 is 5.58. The van der Waals surface area contributed by atoms with Crippen molar-refractivity contribution in [1.82, 2.24) is 0 Å². The van der Waals surface area contributed by atoms with Gasteiger partial charge in [-0.1, -0.05) is 20.8 Å². The fourth-order valence-corrected chi connectivity index (χ4v) is 1.11. The second kappa shape index (κ2) is 3.57. The highest BCUT2D eigenvalue weighted by atomic mass is 16.3. The lowest BCUT2D eigenvalue weighted by atomic mass is 10.1. The molecule has 1 rings (SSSR count). The third kappa shape index (κ3) is 1.58. The Morgan fingerprint density at radius 2 is 2.25 bits per heavy atom. The Bertz CT molecular complexity index is 273. The maximum Gasteiger partial charge on any atom is 0.129 e. The molecule has 0 radical (unpaired) electrons. The van der Waals surface area contributed by atoms with E-state index >= 15 is 0 Å². The lowest BCUT2D eigenvalue weighted by molar-refractivity contribution is 0.452. The minimum atomic E-state index is 0.422. The first kappa shape index (κ1) is 9.04. The number of hydrogen-bond donors (Lipinski definition) is 0. The lowest BCUT2D eigenvalue weighted by Gasteiger charge is -1.96. The monoisotopic (exact) mass is 165 g/mol. The van der Waals surface area contributed by atoms with Gasteiger partial charge in [0.1, 0.15) is 17.2 Å². The van der Waals surface area contributed by atoms with Crippen LogP contribution in [0.4, 0.5) is 5.69 Å². The molecule has 0 fully saturated rings. The minimum absolute atomic E-state index is 0.422. The third-order valence-corrected chi connectivity index (χ3v) is 1.87. The van der Waals surface area contributed by atoms with Crippen molar-refractivity contribution in [3.05, 3.63) is 17.6 Å². The summed E-state index contributed by atoms with van der Waals surface area (Å²) in [5, 5.41) is 0. The van der Waals surface area contributed by atoms with Crippen molar-refractivity contribution in [2.24, 2.45) is 4.99 Å². The molecule has 0 amide bonds. The first-order valence-corrected chi connectivity index (χ1v) is 4.28. The fourth-order valence-electron chi connectivity index (χ4n) is 1.11. The molecule has 0 aliphatic rings. The van der Waals surface area contributed by atoms with E-state index in [9.17, 15) is 0 Å². The Balaban J connectivity index is 3.05. The van der Waals surface area contributed by atoms with E-state index in [4.69, 9.17) is 4.42 Å². The number of nitrogens with zero attached hydrogens (tertiary/aromatic N) is 1. The zero-order valence-corrected chi connectivity index (χ0v) is 7.92. The van der Waals surface area contributed by atoms with Crippen LogP contribution in [-0.4, -0.2) is 6.72 Å². The van der Waals surface area contributed by atoms with Crippen LogP contribution in [0.25, 0.3) is 0 Å². The van der Waals surface area contributed by atoms with Crippen LogP contribution in [0.2, 0.25) is 0 Å². The average molecular weight is 165 g/mol. The van der Waals surface area contributed by atoms with Crippen LogP contribution in [0.5, 0.6) is 0 Å². The summed E-state index contributed by atoms with van der Waals surface area (Å²) in [7, 11) is 0. The molecule has 1 aromatic rings. The molecule has 2 nitrogen and oxygen atoms in total. The van der Waals surface area contributed by atoms with E-state index in [0.29, 0.717) is 5.92 Å². The van der Waals surface area contributed by atoms with Crippen LogP contribution in [0.15, 0.2) is 15.5 Å². The predicted molar refractivity (Wildman–Crippen MR) is 51.4 cm³/mol. The zero-order valence-electron chi connectivity index (χ0n) is 7.92. The normalized spacial score (nSPS) is 10.7. The first-order chi connectivity index (χ1) is 5.69. The molecule has 0 N–H and O–H groups in total. The highest BCUT2D eigenvalue weighted by Gasteiger charge is 2.10. The van der Waals surface area contributed by atoms with Gasteiger partial charge in [0, 0.05) is 18.4 Å². The largest absolute Gasteiger partial charge is 0.463 e. The van der Waals surface area contributed by atoms with E-state index < -0.39 is 0 Å². The van der Waals surface area contributed by atoms with Crippen molar-refractivity contribution in [1.29, 1.82) is 0 Å². The van der Waals surface area contributed by atoms with Gasteiger partial charge < -0.3 is 4.42 Å². The summed E-state index contributed by atoms with van der Waals surface area (Å²) in [6.45, 7) is 9.76. The molecule has 0 aliphatic heterocycles. The molecular formula is C10H15NO. The highest BCUT2D eigenvalue weighted by Crippen LogP contribution is 2.28. The van der Waals surface area contributed by atoms with E-state index in [1.807, 2.05) is 6.07 Å². The topological polar surface area (TPSA) is 25.5 Å². The fraction of sp³-hybridized carbons (Fsp3) is 0.500. The maximum atomic E-state index is 5.58. The van der Waals surface area contributed by atoms with Gasteiger partial charge in [0.25, 0.3) is 0 Å². The van der Waals surface area contributed by atoms with Crippen LogP contribution in [0.3, 0.4) is 0 Å². The molecule has 0 unspecified atom stereocenters. The van der Waals surface area contributed by atoms with Crippen LogP contribution in [0.1, 0.15) is 38.2 Å². The van der Waals surface area contributed by atoms with Crippen molar-refractivity contribution in [3.8, 4) is 0 Å². The van der Waals surface area contributed by atoms with Crippen LogP contribution >= 0.6 is 0 Å². The molecule has 0 saturated carbocycles. The van der Waals surface area contributed by atoms with Gasteiger partial charge in [-0.25, -0.2) is 0 Å². The van der Waals surface area contributed by atoms with E-state index in [2.05, 4.69) is 32.5 Å². The van der Waals surface area contributed by atoms with Gasteiger partial charge >= 0.3 is 0 Å². The van der Waals surface area contributed by atoms with Crippen LogP contribution < -0.4 is 0 Å². The SMILES string of the molecule is C=Nc1cc(C(C)C)oc1CC. The summed E-state index contributed by atoms with van der Waals surface area (Å²) >= 11 is 0. The predicted octanol–water partition coefficient (Wildman–Crippen LogP) is 3.30. The Kier molecular flexibility index (Phi) is 2.69. The summed E-state index contributed by atoms with van der Waals surface area (Å²) in [5.41, 5.74) is 0.890. The lowest BCUT2D eigenvalue weighted by Crippen LogP contribution is -1.80. The van der Waals surface area contributed by atoms with Gasteiger partial charge in [-0.3, -0.25) is 4.99 Å². The van der Waals surface area contributed by atoms with Crippen LogP contribution in [0, 0.1) is 0 Å².